The third-order valence-electron chi connectivity index (χ3n) is 3.98. The summed E-state index contributed by atoms with van der Waals surface area (Å²) in [5.41, 5.74) is 0.177. The van der Waals surface area contributed by atoms with E-state index in [1.165, 1.54) is 18.6 Å². The molecule has 1 saturated heterocycles. The maximum Gasteiger partial charge on any atom is 0.144 e. The maximum atomic E-state index is 14.1. The summed E-state index contributed by atoms with van der Waals surface area (Å²) in [5, 5.41) is 3.15. The van der Waals surface area contributed by atoms with Gasteiger partial charge in [-0.15, -0.1) is 0 Å². The molecule has 1 aromatic carbocycles. The smallest absolute Gasteiger partial charge is 0.144 e. The molecule has 112 valence electrons. The molecular weight excluding hydrogens is 326 g/mol. The largest absolute Gasteiger partial charge is 0.320 e. The van der Waals surface area contributed by atoms with E-state index in [-0.39, 0.29) is 5.56 Å². The lowest BCUT2D eigenvalue weighted by atomic mass is 9.98. The van der Waals surface area contributed by atoms with E-state index >= 15 is 0 Å². The predicted octanol–water partition coefficient (Wildman–Crippen LogP) is 3.69. The summed E-state index contributed by atoms with van der Waals surface area (Å²) in [6.07, 6.45) is 4.44. The number of hydrogen-bond acceptors (Lipinski definition) is 2. The fourth-order valence-corrected chi connectivity index (χ4v) is 3.19. The van der Waals surface area contributed by atoms with Crippen LogP contribution >= 0.6 is 15.9 Å². The lowest BCUT2D eigenvalue weighted by molar-refractivity contribution is 0.129. The topological polar surface area (TPSA) is 15.3 Å². The van der Waals surface area contributed by atoms with Crippen molar-refractivity contribution in [3.63, 3.8) is 0 Å². The molecule has 0 bridgehead atoms. The highest BCUT2D eigenvalue weighted by Crippen LogP contribution is 2.26. The highest BCUT2D eigenvalue weighted by atomic mass is 79.9. The summed E-state index contributed by atoms with van der Waals surface area (Å²) in [7, 11) is 1.93. The summed E-state index contributed by atoms with van der Waals surface area (Å²) >= 11 is 3.13. The van der Waals surface area contributed by atoms with Crippen molar-refractivity contribution in [2.24, 2.45) is 0 Å². The summed E-state index contributed by atoms with van der Waals surface area (Å²) in [4.78, 5) is 2.22. The molecule has 1 aliphatic heterocycles. The second-order valence-corrected chi connectivity index (χ2v) is 6.19. The van der Waals surface area contributed by atoms with Crippen LogP contribution in [0.25, 0.3) is 0 Å². The molecule has 1 aliphatic rings. The van der Waals surface area contributed by atoms with E-state index in [9.17, 15) is 8.78 Å². The van der Waals surface area contributed by atoms with Crippen LogP contribution in [0.5, 0.6) is 0 Å². The van der Waals surface area contributed by atoms with Crippen LogP contribution < -0.4 is 5.32 Å². The Morgan fingerprint density at radius 3 is 2.90 bits per heavy atom. The highest BCUT2D eigenvalue weighted by molar-refractivity contribution is 9.10. The van der Waals surface area contributed by atoms with Crippen molar-refractivity contribution in [3.05, 3.63) is 33.8 Å². The zero-order chi connectivity index (χ0) is 14.5. The zero-order valence-corrected chi connectivity index (χ0v) is 13.3. The van der Waals surface area contributed by atoms with Crippen molar-refractivity contribution < 1.29 is 8.78 Å². The van der Waals surface area contributed by atoms with Crippen LogP contribution in [0.15, 0.2) is 16.6 Å². The third kappa shape index (κ3) is 3.77. The van der Waals surface area contributed by atoms with Gasteiger partial charge in [-0.25, -0.2) is 8.78 Å². The SMILES string of the molecule is CNCCC1CCCCN1Cc1c(F)ccc(Br)c1F. The quantitative estimate of drug-likeness (QED) is 0.818. The van der Waals surface area contributed by atoms with Crippen molar-refractivity contribution in [1.82, 2.24) is 10.2 Å². The molecule has 20 heavy (non-hydrogen) atoms. The molecule has 1 unspecified atom stereocenters. The van der Waals surface area contributed by atoms with Crippen molar-refractivity contribution in [2.45, 2.75) is 38.3 Å². The minimum Gasteiger partial charge on any atom is -0.320 e. The molecule has 0 aromatic heterocycles. The summed E-state index contributed by atoms with van der Waals surface area (Å²) in [6.45, 7) is 2.20. The Labute approximate surface area is 127 Å². The van der Waals surface area contributed by atoms with Crippen LogP contribution in [0.2, 0.25) is 0 Å². The third-order valence-corrected chi connectivity index (χ3v) is 4.59. The number of hydrogen-bond donors (Lipinski definition) is 1. The number of halogens is 3. The number of nitrogens with zero attached hydrogens (tertiary/aromatic N) is 1. The fourth-order valence-electron chi connectivity index (χ4n) is 2.82. The second-order valence-electron chi connectivity index (χ2n) is 5.33. The Morgan fingerprint density at radius 2 is 2.15 bits per heavy atom. The van der Waals surface area contributed by atoms with Crippen LogP contribution in [0.1, 0.15) is 31.2 Å². The van der Waals surface area contributed by atoms with E-state index in [0.29, 0.717) is 17.1 Å². The van der Waals surface area contributed by atoms with Gasteiger partial charge < -0.3 is 5.32 Å². The predicted molar refractivity (Wildman–Crippen MR) is 80.7 cm³/mol. The standard InChI is InChI=1S/C15H21BrF2N2/c1-19-8-7-11-4-2-3-9-20(11)10-12-14(17)6-5-13(16)15(12)18/h5-6,11,19H,2-4,7-10H2,1H3. The normalized spacial score (nSPS) is 20.3. The zero-order valence-electron chi connectivity index (χ0n) is 11.8. The Hall–Kier alpha value is -0.520. The van der Waals surface area contributed by atoms with Gasteiger partial charge in [-0.05, 0) is 67.5 Å². The molecule has 2 nitrogen and oxygen atoms in total. The molecular formula is C15H21BrF2N2. The van der Waals surface area contributed by atoms with E-state index in [2.05, 4.69) is 26.1 Å². The highest BCUT2D eigenvalue weighted by Gasteiger charge is 2.24. The van der Waals surface area contributed by atoms with Gasteiger partial charge in [0.05, 0.1) is 4.47 Å². The number of nitrogens with one attached hydrogen (secondary N) is 1. The maximum absolute atomic E-state index is 14.1. The van der Waals surface area contributed by atoms with E-state index < -0.39 is 11.6 Å². The molecule has 2 rings (SSSR count). The van der Waals surface area contributed by atoms with Gasteiger partial charge in [0, 0.05) is 18.2 Å². The summed E-state index contributed by atoms with van der Waals surface area (Å²) in [5.74, 6) is -0.924. The van der Waals surface area contributed by atoms with Crippen LogP contribution in [-0.2, 0) is 6.54 Å². The first-order chi connectivity index (χ1) is 9.63. The van der Waals surface area contributed by atoms with E-state index in [4.69, 9.17) is 0 Å². The number of rotatable bonds is 5. The van der Waals surface area contributed by atoms with Gasteiger partial charge in [-0.1, -0.05) is 6.42 Å². The van der Waals surface area contributed by atoms with Crippen LogP contribution in [-0.4, -0.2) is 31.1 Å². The first-order valence-corrected chi connectivity index (χ1v) is 7.93. The van der Waals surface area contributed by atoms with Crippen molar-refractivity contribution in [3.8, 4) is 0 Å². The first kappa shape index (κ1) is 15.9. The fraction of sp³-hybridized carbons (Fsp3) is 0.600. The molecule has 0 spiro atoms. The van der Waals surface area contributed by atoms with Crippen molar-refractivity contribution >= 4 is 15.9 Å². The number of likely N-dealkylation sites (tertiary alicyclic amines) is 1. The van der Waals surface area contributed by atoms with E-state index in [1.54, 1.807) is 0 Å². The lowest BCUT2D eigenvalue weighted by Gasteiger charge is -2.36. The lowest BCUT2D eigenvalue weighted by Crippen LogP contribution is -2.40. The Kier molecular flexibility index (Phi) is 5.93. The average Bonchev–Trinajstić information content (AvgIpc) is 2.46. The molecule has 1 atom stereocenters. The van der Waals surface area contributed by atoms with Gasteiger partial charge in [-0.3, -0.25) is 4.90 Å². The molecule has 0 saturated carbocycles. The second kappa shape index (κ2) is 7.48. The van der Waals surface area contributed by atoms with Gasteiger partial charge in [0.2, 0.25) is 0 Å². The van der Waals surface area contributed by atoms with E-state index in [0.717, 1.165) is 32.4 Å². The minimum atomic E-state index is -0.470. The van der Waals surface area contributed by atoms with Gasteiger partial charge in [0.1, 0.15) is 11.6 Å². The van der Waals surface area contributed by atoms with Crippen molar-refractivity contribution in [1.29, 1.82) is 0 Å². The van der Waals surface area contributed by atoms with Crippen LogP contribution in [0.3, 0.4) is 0 Å². The molecule has 1 heterocycles. The number of benzene rings is 1. The Bertz CT molecular complexity index is 454. The molecule has 1 fully saturated rings. The minimum absolute atomic E-state index is 0.177. The average molecular weight is 347 g/mol. The van der Waals surface area contributed by atoms with Gasteiger partial charge in [0.25, 0.3) is 0 Å². The summed E-state index contributed by atoms with van der Waals surface area (Å²) in [6, 6.07) is 3.16. The van der Waals surface area contributed by atoms with Crippen LogP contribution in [0.4, 0.5) is 8.78 Å². The summed E-state index contributed by atoms with van der Waals surface area (Å²) < 4.78 is 28.3. The molecule has 5 heteroatoms. The Balaban J connectivity index is 2.12. The molecule has 1 N–H and O–H groups in total. The molecule has 0 aliphatic carbocycles. The monoisotopic (exact) mass is 346 g/mol. The van der Waals surface area contributed by atoms with Gasteiger partial charge in [-0.2, -0.15) is 0 Å². The first-order valence-electron chi connectivity index (χ1n) is 7.14. The van der Waals surface area contributed by atoms with Crippen molar-refractivity contribution in [2.75, 3.05) is 20.1 Å². The van der Waals surface area contributed by atoms with Gasteiger partial charge >= 0.3 is 0 Å². The molecule has 1 aromatic rings. The van der Waals surface area contributed by atoms with Gasteiger partial charge in [0.15, 0.2) is 0 Å². The number of piperidine rings is 1. The molecule has 0 amide bonds. The molecule has 0 radical (unpaired) electrons. The van der Waals surface area contributed by atoms with Crippen LogP contribution in [0, 0.1) is 11.6 Å². The Morgan fingerprint density at radius 1 is 1.35 bits per heavy atom. The van der Waals surface area contributed by atoms with E-state index in [1.807, 2.05) is 7.05 Å².